The number of aromatic nitrogens is 1. The van der Waals surface area contributed by atoms with Crippen molar-refractivity contribution < 1.29 is 19.0 Å². The summed E-state index contributed by atoms with van der Waals surface area (Å²) in [5, 5.41) is 4.38. The number of aromatic amines is 1. The van der Waals surface area contributed by atoms with Crippen LogP contribution in [0.5, 0.6) is 0 Å². The number of methoxy groups -OCH3 is 3. The van der Waals surface area contributed by atoms with E-state index < -0.39 is 12.3 Å². The fourth-order valence-electron chi connectivity index (χ4n) is 3.15. The maximum absolute atomic E-state index is 12.0. The highest BCUT2D eigenvalue weighted by Crippen LogP contribution is 2.34. The second-order valence-electron chi connectivity index (χ2n) is 5.33. The van der Waals surface area contributed by atoms with Gasteiger partial charge in [0.2, 0.25) is 0 Å². The first-order chi connectivity index (χ1) is 10.7. The molecule has 1 aromatic carbocycles. The van der Waals surface area contributed by atoms with Gasteiger partial charge in [0.1, 0.15) is 6.04 Å². The minimum Gasteiger partial charge on any atom is -0.468 e. The lowest BCUT2D eigenvalue weighted by Gasteiger charge is -2.33. The van der Waals surface area contributed by atoms with Gasteiger partial charge in [-0.1, -0.05) is 18.2 Å². The van der Waals surface area contributed by atoms with E-state index >= 15 is 0 Å². The number of esters is 1. The third kappa shape index (κ3) is 2.39. The fourth-order valence-corrected chi connectivity index (χ4v) is 3.15. The molecule has 2 unspecified atom stereocenters. The highest BCUT2D eigenvalue weighted by atomic mass is 16.7. The summed E-state index contributed by atoms with van der Waals surface area (Å²) in [6.07, 6.45) is 0.0714. The van der Waals surface area contributed by atoms with E-state index in [2.05, 4.69) is 16.4 Å². The highest BCUT2D eigenvalue weighted by Gasteiger charge is 2.37. The van der Waals surface area contributed by atoms with Crippen LogP contribution < -0.4 is 5.32 Å². The molecular weight excluding hydrogens is 284 g/mol. The molecule has 0 saturated heterocycles. The van der Waals surface area contributed by atoms with E-state index in [0.717, 1.165) is 22.2 Å². The van der Waals surface area contributed by atoms with E-state index in [1.165, 1.54) is 7.11 Å². The third-order valence-corrected chi connectivity index (χ3v) is 4.17. The molecule has 118 valence electrons. The number of fused-ring (bicyclic) bond motifs is 3. The monoisotopic (exact) mass is 304 g/mol. The van der Waals surface area contributed by atoms with Crippen molar-refractivity contribution in [3.63, 3.8) is 0 Å². The summed E-state index contributed by atoms with van der Waals surface area (Å²) in [5.74, 6) is -0.285. The summed E-state index contributed by atoms with van der Waals surface area (Å²) in [6, 6.07) is 7.35. The number of carbonyl (C=O) groups excluding carboxylic acids is 1. The normalized spacial score (nSPS) is 21.1. The number of hydrogen-bond donors (Lipinski definition) is 2. The number of rotatable bonds is 4. The lowest BCUT2D eigenvalue weighted by molar-refractivity contribution is -0.148. The number of para-hydroxylation sites is 1. The zero-order chi connectivity index (χ0) is 15.7. The summed E-state index contributed by atoms with van der Waals surface area (Å²) >= 11 is 0. The smallest absolute Gasteiger partial charge is 0.323 e. The van der Waals surface area contributed by atoms with Gasteiger partial charge in [0, 0.05) is 37.2 Å². The molecule has 0 fully saturated rings. The van der Waals surface area contributed by atoms with Gasteiger partial charge in [0.15, 0.2) is 6.29 Å². The average molecular weight is 304 g/mol. The first-order valence-electron chi connectivity index (χ1n) is 7.18. The molecule has 1 aliphatic heterocycles. The van der Waals surface area contributed by atoms with E-state index in [9.17, 15) is 4.79 Å². The molecule has 22 heavy (non-hydrogen) atoms. The molecular formula is C16H20N2O4. The Kier molecular flexibility index (Phi) is 4.15. The average Bonchev–Trinajstić information content (AvgIpc) is 2.94. The van der Waals surface area contributed by atoms with Crippen LogP contribution >= 0.6 is 0 Å². The SMILES string of the molecule is COC(=O)C1Cc2c([nH]c3ccccc23)C(C(OC)OC)N1. The second kappa shape index (κ2) is 6.08. The maximum atomic E-state index is 12.0. The van der Waals surface area contributed by atoms with Gasteiger partial charge in [-0.05, 0) is 11.6 Å². The van der Waals surface area contributed by atoms with E-state index in [1.807, 2.05) is 18.2 Å². The van der Waals surface area contributed by atoms with Crippen LogP contribution in [-0.2, 0) is 25.4 Å². The predicted molar refractivity (Wildman–Crippen MR) is 81.5 cm³/mol. The lowest BCUT2D eigenvalue weighted by atomic mass is 9.93. The van der Waals surface area contributed by atoms with E-state index in [0.29, 0.717) is 6.42 Å². The maximum Gasteiger partial charge on any atom is 0.323 e. The standard InChI is InChI=1S/C16H20N2O4/c1-20-15(19)12-8-10-9-6-4-5-7-11(9)17-13(10)14(18-12)16(21-2)22-3/h4-7,12,14,16-18H,8H2,1-3H3. The number of benzene rings is 1. The van der Waals surface area contributed by atoms with Gasteiger partial charge in [-0.3, -0.25) is 10.1 Å². The van der Waals surface area contributed by atoms with Crippen molar-refractivity contribution in [1.82, 2.24) is 10.3 Å². The van der Waals surface area contributed by atoms with Crippen LogP contribution in [0.1, 0.15) is 17.3 Å². The number of H-pyrrole nitrogens is 1. The minimum atomic E-state index is -0.501. The fraction of sp³-hybridized carbons (Fsp3) is 0.438. The Bertz CT molecular complexity index is 678. The molecule has 2 aromatic rings. The van der Waals surface area contributed by atoms with Crippen molar-refractivity contribution in [1.29, 1.82) is 0 Å². The van der Waals surface area contributed by atoms with Crippen LogP contribution in [0.4, 0.5) is 0 Å². The van der Waals surface area contributed by atoms with Crippen molar-refractivity contribution in [3.8, 4) is 0 Å². The van der Waals surface area contributed by atoms with Gasteiger partial charge >= 0.3 is 5.97 Å². The van der Waals surface area contributed by atoms with Gasteiger partial charge in [-0.25, -0.2) is 0 Å². The van der Waals surface area contributed by atoms with Crippen molar-refractivity contribution in [2.45, 2.75) is 24.8 Å². The summed E-state index contributed by atoms with van der Waals surface area (Å²) < 4.78 is 15.7. The lowest BCUT2D eigenvalue weighted by Crippen LogP contribution is -2.49. The molecule has 6 nitrogen and oxygen atoms in total. The molecule has 0 spiro atoms. The summed E-state index contributed by atoms with van der Waals surface area (Å²) in [4.78, 5) is 15.4. The number of nitrogens with one attached hydrogen (secondary N) is 2. The zero-order valence-electron chi connectivity index (χ0n) is 12.9. The summed E-state index contributed by atoms with van der Waals surface area (Å²) in [6.45, 7) is 0. The van der Waals surface area contributed by atoms with Crippen LogP contribution in [0.15, 0.2) is 24.3 Å². The molecule has 0 bridgehead atoms. The quantitative estimate of drug-likeness (QED) is 0.662. The third-order valence-electron chi connectivity index (χ3n) is 4.17. The van der Waals surface area contributed by atoms with Gasteiger partial charge in [0.25, 0.3) is 0 Å². The number of hydrogen-bond acceptors (Lipinski definition) is 5. The Morgan fingerprint density at radius 1 is 1.23 bits per heavy atom. The first kappa shape index (κ1) is 15.0. The number of ether oxygens (including phenoxy) is 3. The van der Waals surface area contributed by atoms with Gasteiger partial charge in [0.05, 0.1) is 13.2 Å². The molecule has 1 aromatic heterocycles. The molecule has 0 aliphatic carbocycles. The Hall–Kier alpha value is -1.89. The van der Waals surface area contributed by atoms with Crippen LogP contribution in [0.25, 0.3) is 10.9 Å². The Morgan fingerprint density at radius 3 is 2.64 bits per heavy atom. The molecule has 0 saturated carbocycles. The Labute approximate surface area is 128 Å². The van der Waals surface area contributed by atoms with Crippen molar-refractivity contribution in [3.05, 3.63) is 35.5 Å². The Morgan fingerprint density at radius 2 is 1.95 bits per heavy atom. The molecule has 2 atom stereocenters. The van der Waals surface area contributed by atoms with Crippen molar-refractivity contribution >= 4 is 16.9 Å². The highest BCUT2D eigenvalue weighted by molar-refractivity contribution is 5.87. The van der Waals surface area contributed by atoms with E-state index in [4.69, 9.17) is 14.2 Å². The van der Waals surface area contributed by atoms with E-state index in [-0.39, 0.29) is 12.0 Å². The first-order valence-corrected chi connectivity index (χ1v) is 7.18. The minimum absolute atomic E-state index is 0.268. The molecule has 0 amide bonds. The van der Waals surface area contributed by atoms with Crippen LogP contribution in [0, 0.1) is 0 Å². The van der Waals surface area contributed by atoms with Crippen LogP contribution in [0.3, 0.4) is 0 Å². The molecule has 1 aliphatic rings. The summed E-state index contributed by atoms with van der Waals surface area (Å²) in [5.41, 5.74) is 3.14. The Balaban J connectivity index is 2.10. The van der Waals surface area contributed by atoms with Gasteiger partial charge < -0.3 is 19.2 Å². The largest absolute Gasteiger partial charge is 0.468 e. The van der Waals surface area contributed by atoms with Crippen molar-refractivity contribution in [2.24, 2.45) is 0 Å². The number of carbonyl (C=O) groups is 1. The molecule has 2 heterocycles. The zero-order valence-corrected chi connectivity index (χ0v) is 12.9. The van der Waals surface area contributed by atoms with Crippen LogP contribution in [-0.4, -0.2) is 44.6 Å². The molecule has 2 N–H and O–H groups in total. The van der Waals surface area contributed by atoms with E-state index in [1.54, 1.807) is 14.2 Å². The van der Waals surface area contributed by atoms with Gasteiger partial charge in [-0.15, -0.1) is 0 Å². The predicted octanol–water partition coefficient (Wildman–Crippen LogP) is 1.52. The topological polar surface area (TPSA) is 72.6 Å². The summed E-state index contributed by atoms with van der Waals surface area (Å²) in [7, 11) is 4.56. The van der Waals surface area contributed by atoms with Crippen molar-refractivity contribution in [2.75, 3.05) is 21.3 Å². The van der Waals surface area contributed by atoms with Crippen LogP contribution in [0.2, 0.25) is 0 Å². The van der Waals surface area contributed by atoms with Gasteiger partial charge in [-0.2, -0.15) is 0 Å². The molecule has 3 rings (SSSR count). The second-order valence-corrected chi connectivity index (χ2v) is 5.33. The molecule has 0 radical (unpaired) electrons. The molecule has 6 heteroatoms.